The van der Waals surface area contributed by atoms with Crippen molar-refractivity contribution in [1.82, 2.24) is 4.98 Å². The first-order valence-electron chi connectivity index (χ1n) is 7.96. The smallest absolute Gasteiger partial charge is 0.155 e. The average Bonchev–Trinajstić information content (AvgIpc) is 2.45. The number of allylic oxidation sites excluding steroid dienone is 4. The Kier molecular flexibility index (Phi) is 26.0. The number of halogens is 1. The number of carbonyl (C=O) groups excluding carboxylic acids is 4. The van der Waals surface area contributed by atoms with Crippen molar-refractivity contribution < 1.29 is 49.5 Å². The molecule has 1 aromatic rings. The number of carbonyl (C=O) groups is 4. The summed E-state index contributed by atoms with van der Waals surface area (Å²) in [7, 11) is 0. The van der Waals surface area contributed by atoms with Gasteiger partial charge in [0.1, 0.15) is 5.15 Å². The molecule has 1 radical (unpaired) electrons. The van der Waals surface area contributed by atoms with Crippen molar-refractivity contribution in [2.75, 3.05) is 0 Å². The van der Waals surface area contributed by atoms with Crippen molar-refractivity contribution >= 4 is 34.7 Å². The van der Waals surface area contributed by atoms with Crippen LogP contribution in [0.3, 0.4) is 0 Å². The van der Waals surface area contributed by atoms with Crippen molar-refractivity contribution in [1.29, 1.82) is 0 Å². The normalized spacial score (nSPS) is 9.48. The van der Waals surface area contributed by atoms with Gasteiger partial charge in [-0.25, -0.2) is 4.98 Å². The molecule has 1 aromatic heterocycles. The first kappa shape index (κ1) is 34.2. The number of aromatic nitrogens is 1. The molecule has 0 aliphatic carbocycles. The fourth-order valence-corrected chi connectivity index (χ4v) is 1.35. The van der Waals surface area contributed by atoms with Crippen LogP contribution in [0, 0.1) is 6.42 Å². The van der Waals surface area contributed by atoms with E-state index < -0.39 is 0 Å². The van der Waals surface area contributed by atoms with Crippen molar-refractivity contribution in [2.24, 2.45) is 0 Å². The zero-order valence-corrected chi connectivity index (χ0v) is 20.4. The minimum atomic E-state index is -0.187. The topological polar surface area (TPSA) is 122 Å². The van der Waals surface area contributed by atoms with E-state index in [2.05, 4.69) is 4.98 Å². The van der Waals surface area contributed by atoms with Gasteiger partial charge in [0.05, 0.1) is 11.5 Å². The molecule has 0 aliphatic heterocycles. The van der Waals surface area contributed by atoms with Gasteiger partial charge in [-0.05, 0) is 53.7 Å². The molecule has 0 unspecified atom stereocenters. The molecule has 1 rings (SSSR count). The molecule has 0 aliphatic rings. The van der Waals surface area contributed by atoms with Crippen LogP contribution in [-0.4, -0.2) is 38.3 Å². The molecule has 0 bridgehead atoms. The largest absolute Gasteiger partial charge is 0.512 e. The van der Waals surface area contributed by atoms with Gasteiger partial charge >= 0.3 is 0 Å². The van der Waals surface area contributed by atoms with Crippen molar-refractivity contribution in [3.8, 4) is 0 Å². The summed E-state index contributed by atoms with van der Waals surface area (Å²) >= 11 is 5.43. The molecule has 0 aromatic carbocycles. The van der Waals surface area contributed by atoms with Crippen LogP contribution in [0.4, 0.5) is 0 Å². The fourth-order valence-electron chi connectivity index (χ4n) is 1.22. The molecule has 0 fully saturated rings. The molecule has 7 nitrogen and oxygen atoms in total. The Morgan fingerprint density at radius 3 is 1.31 bits per heavy atom. The van der Waals surface area contributed by atoms with E-state index in [-0.39, 0.29) is 54.8 Å². The van der Waals surface area contributed by atoms with Crippen molar-refractivity contribution in [3.05, 3.63) is 59.6 Å². The van der Waals surface area contributed by atoms with Crippen LogP contribution < -0.4 is 0 Å². The Labute approximate surface area is 190 Å². The number of nitrogens with zero attached hydrogens (tertiary/aromatic N) is 1. The van der Waals surface area contributed by atoms with Crippen molar-refractivity contribution in [3.63, 3.8) is 0 Å². The first-order valence-corrected chi connectivity index (χ1v) is 8.33. The summed E-state index contributed by atoms with van der Waals surface area (Å²) in [5, 5.41) is 17.3. The van der Waals surface area contributed by atoms with Gasteiger partial charge in [0.25, 0.3) is 0 Å². The predicted molar refractivity (Wildman–Crippen MR) is 109 cm³/mol. The second-order valence-electron chi connectivity index (χ2n) is 5.31. The second-order valence-corrected chi connectivity index (χ2v) is 5.70. The molecule has 0 saturated heterocycles. The summed E-state index contributed by atoms with van der Waals surface area (Å²) in [6.07, 6.45) is 5.04. The number of hydrogen-bond acceptors (Lipinski definition) is 7. The summed E-state index contributed by atoms with van der Waals surface area (Å²) in [4.78, 5) is 43.7. The molecule has 165 valence electrons. The Morgan fingerprint density at radius 2 is 1.24 bits per heavy atom. The molecule has 1 heterocycles. The quantitative estimate of drug-likeness (QED) is 0.174. The van der Waals surface area contributed by atoms with Gasteiger partial charge in [0.15, 0.2) is 11.6 Å². The van der Waals surface area contributed by atoms with Gasteiger partial charge in [0, 0.05) is 50.0 Å². The molecule has 0 spiro atoms. The van der Waals surface area contributed by atoms with E-state index in [9.17, 15) is 19.2 Å². The molecular weight excluding hydrogens is 578 g/mol. The zero-order chi connectivity index (χ0) is 22.7. The van der Waals surface area contributed by atoms with Crippen LogP contribution in [0.2, 0.25) is 5.15 Å². The monoisotopic (exact) mass is 605 g/mol. The molecule has 0 saturated carbocycles. The van der Waals surface area contributed by atoms with E-state index in [1.807, 2.05) is 12.1 Å². The van der Waals surface area contributed by atoms with Crippen LogP contribution >= 0.6 is 11.6 Å². The Hall–Kier alpha value is -2.28. The van der Waals surface area contributed by atoms with Gasteiger partial charge in [0.2, 0.25) is 0 Å². The number of Topliss-reactive ketones (excluding diaryl/α,β-unsaturated/α-hetero) is 2. The number of ketones is 4. The number of pyridine rings is 1. The standard InChI is InChI=1S/C5H4ClN.2C5H8O2.C5H7O2.Ir/c6-5-3-1-2-4-7-5;3*1-4(6)3-5(2)7;/h1-4H;2*3,6H,1-2H3;3H,1-2H3;/q;;;-1;/b;2*4-3-;;. The Balaban J connectivity index is -0.000000142. The van der Waals surface area contributed by atoms with Gasteiger partial charge in [-0.3, -0.25) is 16.0 Å². The molecule has 0 amide bonds. The summed E-state index contributed by atoms with van der Waals surface area (Å²) in [6.45, 7) is 8.39. The number of aliphatic hydroxyl groups is 2. The van der Waals surface area contributed by atoms with Crippen LogP contribution in [0.5, 0.6) is 0 Å². The van der Waals surface area contributed by atoms with Gasteiger partial charge in [-0.2, -0.15) is 0 Å². The summed E-state index contributed by atoms with van der Waals surface area (Å²) in [5.41, 5.74) is 0. The SMILES string of the molecule is CC(=O)/C=C(/C)O.CC(=O)/C=C(/C)O.CC(=O)[CH-]C(C)=O.Clc1ccccn1.[Ir]. The van der Waals surface area contributed by atoms with Crippen LogP contribution in [-0.2, 0) is 39.3 Å². The third-order valence-electron chi connectivity index (χ3n) is 1.86. The van der Waals surface area contributed by atoms with E-state index in [1.165, 1.54) is 53.7 Å². The zero-order valence-electron chi connectivity index (χ0n) is 17.2. The van der Waals surface area contributed by atoms with Crippen LogP contribution in [0.1, 0.15) is 41.5 Å². The van der Waals surface area contributed by atoms with Gasteiger partial charge in [-0.1, -0.05) is 17.7 Å². The van der Waals surface area contributed by atoms with E-state index >= 15 is 0 Å². The third-order valence-corrected chi connectivity index (χ3v) is 2.08. The van der Waals surface area contributed by atoms with E-state index in [4.69, 9.17) is 21.8 Å². The Morgan fingerprint density at radius 1 is 0.862 bits per heavy atom. The number of aliphatic hydroxyl groups excluding tert-OH is 2. The van der Waals surface area contributed by atoms with Gasteiger partial charge < -0.3 is 19.8 Å². The van der Waals surface area contributed by atoms with Crippen LogP contribution in [0.15, 0.2) is 48.1 Å². The van der Waals surface area contributed by atoms with E-state index in [0.717, 1.165) is 6.42 Å². The van der Waals surface area contributed by atoms with Gasteiger partial charge in [-0.15, -0.1) is 0 Å². The fraction of sp³-hybridized carbons (Fsp3) is 0.300. The maximum absolute atomic E-state index is 10.0. The average molecular weight is 605 g/mol. The molecular formula is C20H27ClIrNO6-. The van der Waals surface area contributed by atoms with E-state index in [0.29, 0.717) is 5.15 Å². The molecule has 9 heteroatoms. The number of rotatable bonds is 4. The minimum absolute atomic E-state index is 0. The van der Waals surface area contributed by atoms with E-state index in [1.54, 1.807) is 12.3 Å². The predicted octanol–water partition coefficient (Wildman–Crippen LogP) is 4.18. The first-order chi connectivity index (χ1) is 12.8. The maximum atomic E-state index is 10.0. The summed E-state index contributed by atoms with van der Waals surface area (Å²) in [6, 6.07) is 5.41. The van der Waals surface area contributed by atoms with Crippen LogP contribution in [0.25, 0.3) is 0 Å². The molecule has 0 atom stereocenters. The van der Waals surface area contributed by atoms with Crippen molar-refractivity contribution in [2.45, 2.75) is 41.5 Å². The molecule has 2 N–H and O–H groups in total. The number of hydrogen-bond donors (Lipinski definition) is 2. The Bertz CT molecular complexity index is 639. The minimum Gasteiger partial charge on any atom is -0.512 e. The summed E-state index contributed by atoms with van der Waals surface area (Å²) < 4.78 is 0. The summed E-state index contributed by atoms with van der Waals surface area (Å²) in [5.74, 6) is -0.500. The maximum Gasteiger partial charge on any atom is 0.155 e. The third kappa shape index (κ3) is 46.1. The second kappa shape index (κ2) is 22.0. The molecule has 29 heavy (non-hydrogen) atoms.